The van der Waals surface area contributed by atoms with Gasteiger partial charge in [-0.25, -0.2) is 0 Å². The average molecular weight is 264 g/mol. The number of anilines is 1. The van der Waals surface area contributed by atoms with Crippen molar-refractivity contribution >= 4 is 11.6 Å². The van der Waals surface area contributed by atoms with E-state index in [0.29, 0.717) is 18.7 Å². The fraction of sp³-hybridized carbons (Fsp3) is 0.533. The van der Waals surface area contributed by atoms with Crippen LogP contribution in [0.2, 0.25) is 0 Å². The summed E-state index contributed by atoms with van der Waals surface area (Å²) in [6.07, 6.45) is 0.657. The van der Waals surface area contributed by atoms with Gasteiger partial charge in [0.05, 0.1) is 12.8 Å². The maximum atomic E-state index is 12.5. The number of nitrogens with zero attached hydrogens (tertiary/aromatic N) is 1. The molecule has 0 aliphatic heterocycles. The highest BCUT2D eigenvalue weighted by molar-refractivity contribution is 5.98. The summed E-state index contributed by atoms with van der Waals surface area (Å²) >= 11 is 0. The molecule has 1 aromatic carbocycles. The van der Waals surface area contributed by atoms with E-state index in [-0.39, 0.29) is 5.91 Å². The third kappa shape index (κ3) is 3.47. The predicted molar refractivity (Wildman–Crippen MR) is 78.6 cm³/mol. The van der Waals surface area contributed by atoms with Gasteiger partial charge in [0.15, 0.2) is 0 Å². The Kier molecular flexibility index (Phi) is 4.95. The zero-order valence-corrected chi connectivity index (χ0v) is 12.5. The second-order valence-corrected chi connectivity index (χ2v) is 5.46. The zero-order valence-electron chi connectivity index (χ0n) is 12.5. The lowest BCUT2D eigenvalue weighted by Crippen LogP contribution is -2.39. The molecule has 0 bridgehead atoms. The molecule has 1 rings (SSSR count). The van der Waals surface area contributed by atoms with Gasteiger partial charge in [0.25, 0.3) is 0 Å². The molecular formula is C15H24N2O2. The standard InChI is InChI=1S/C15H24N2O2/c1-11-6-7-13(19-5)12(10-11)17(4)14(18)15(2,3)8-9-16/h6-7,10H,8-9,16H2,1-5H3. The molecule has 106 valence electrons. The number of nitrogens with two attached hydrogens (primary N) is 1. The van der Waals surface area contributed by atoms with Gasteiger partial charge in [0.1, 0.15) is 5.75 Å². The normalized spacial score (nSPS) is 11.3. The highest BCUT2D eigenvalue weighted by Crippen LogP contribution is 2.32. The Labute approximate surface area is 115 Å². The number of benzene rings is 1. The van der Waals surface area contributed by atoms with Gasteiger partial charge < -0.3 is 15.4 Å². The molecule has 1 amide bonds. The van der Waals surface area contributed by atoms with Crippen LogP contribution in [-0.4, -0.2) is 26.6 Å². The minimum Gasteiger partial charge on any atom is -0.495 e. The summed E-state index contributed by atoms with van der Waals surface area (Å²) in [6.45, 7) is 6.33. The number of carbonyl (C=O) groups is 1. The van der Waals surface area contributed by atoms with Crippen molar-refractivity contribution in [1.82, 2.24) is 0 Å². The van der Waals surface area contributed by atoms with E-state index in [4.69, 9.17) is 10.5 Å². The Morgan fingerprint density at radius 2 is 2.05 bits per heavy atom. The molecule has 4 nitrogen and oxygen atoms in total. The van der Waals surface area contributed by atoms with E-state index in [1.54, 1.807) is 19.1 Å². The molecule has 0 saturated heterocycles. The van der Waals surface area contributed by atoms with Crippen LogP contribution in [0.25, 0.3) is 0 Å². The quantitative estimate of drug-likeness (QED) is 0.888. The monoisotopic (exact) mass is 264 g/mol. The second kappa shape index (κ2) is 6.06. The van der Waals surface area contributed by atoms with Gasteiger partial charge >= 0.3 is 0 Å². The SMILES string of the molecule is COc1ccc(C)cc1N(C)C(=O)C(C)(C)CCN. The van der Waals surface area contributed by atoms with Crippen LogP contribution in [0, 0.1) is 12.3 Å². The zero-order chi connectivity index (χ0) is 14.6. The molecule has 0 heterocycles. The Hall–Kier alpha value is -1.55. The summed E-state index contributed by atoms with van der Waals surface area (Å²) in [4.78, 5) is 14.2. The summed E-state index contributed by atoms with van der Waals surface area (Å²) < 4.78 is 5.33. The molecule has 0 aromatic heterocycles. The van der Waals surface area contributed by atoms with Crippen LogP contribution in [0.3, 0.4) is 0 Å². The first-order valence-corrected chi connectivity index (χ1v) is 6.46. The van der Waals surface area contributed by atoms with Crippen molar-refractivity contribution in [2.45, 2.75) is 27.2 Å². The number of ether oxygens (including phenoxy) is 1. The van der Waals surface area contributed by atoms with Crippen LogP contribution in [0.1, 0.15) is 25.8 Å². The van der Waals surface area contributed by atoms with Crippen LogP contribution in [-0.2, 0) is 4.79 Å². The van der Waals surface area contributed by atoms with Crippen molar-refractivity contribution in [1.29, 1.82) is 0 Å². The van der Waals surface area contributed by atoms with Crippen LogP contribution in [0.5, 0.6) is 5.75 Å². The van der Waals surface area contributed by atoms with Gasteiger partial charge in [-0.2, -0.15) is 0 Å². The van der Waals surface area contributed by atoms with Crippen molar-refractivity contribution in [2.75, 3.05) is 25.6 Å². The Morgan fingerprint density at radius 1 is 1.42 bits per heavy atom. The van der Waals surface area contributed by atoms with Gasteiger partial charge in [-0.1, -0.05) is 19.9 Å². The average Bonchev–Trinajstić information content (AvgIpc) is 2.36. The molecule has 0 spiro atoms. The minimum absolute atomic E-state index is 0.0434. The van der Waals surface area contributed by atoms with Crippen LogP contribution < -0.4 is 15.4 Å². The Bertz CT molecular complexity index is 455. The number of hydrogen-bond donors (Lipinski definition) is 1. The van der Waals surface area contributed by atoms with Gasteiger partial charge in [-0.15, -0.1) is 0 Å². The lowest BCUT2D eigenvalue weighted by molar-refractivity contribution is -0.126. The molecular weight excluding hydrogens is 240 g/mol. The minimum atomic E-state index is -0.474. The van der Waals surface area contributed by atoms with E-state index in [9.17, 15) is 4.79 Å². The summed E-state index contributed by atoms with van der Waals surface area (Å²) in [6, 6.07) is 5.80. The number of amides is 1. The summed E-state index contributed by atoms with van der Waals surface area (Å²) in [5, 5.41) is 0. The number of hydrogen-bond acceptors (Lipinski definition) is 3. The first kappa shape index (κ1) is 15.5. The molecule has 0 aliphatic carbocycles. The topological polar surface area (TPSA) is 55.6 Å². The maximum absolute atomic E-state index is 12.5. The lowest BCUT2D eigenvalue weighted by Gasteiger charge is -2.30. The van der Waals surface area contributed by atoms with Crippen LogP contribution >= 0.6 is 0 Å². The first-order valence-electron chi connectivity index (χ1n) is 6.46. The molecule has 0 unspecified atom stereocenters. The fourth-order valence-electron chi connectivity index (χ4n) is 2.09. The molecule has 0 atom stereocenters. The van der Waals surface area contributed by atoms with Gasteiger partial charge in [0, 0.05) is 12.5 Å². The van der Waals surface area contributed by atoms with Crippen LogP contribution in [0.15, 0.2) is 18.2 Å². The first-order chi connectivity index (χ1) is 8.83. The molecule has 19 heavy (non-hydrogen) atoms. The van der Waals surface area contributed by atoms with Crippen molar-refractivity contribution in [3.63, 3.8) is 0 Å². The summed E-state index contributed by atoms with van der Waals surface area (Å²) in [7, 11) is 3.38. The highest BCUT2D eigenvalue weighted by Gasteiger charge is 2.31. The van der Waals surface area contributed by atoms with E-state index < -0.39 is 5.41 Å². The number of carbonyl (C=O) groups excluding carboxylic acids is 1. The van der Waals surface area contributed by atoms with Crippen molar-refractivity contribution in [3.05, 3.63) is 23.8 Å². The number of rotatable bonds is 5. The second-order valence-electron chi connectivity index (χ2n) is 5.46. The van der Waals surface area contributed by atoms with E-state index >= 15 is 0 Å². The molecule has 4 heteroatoms. The van der Waals surface area contributed by atoms with Crippen LogP contribution in [0.4, 0.5) is 5.69 Å². The van der Waals surface area contributed by atoms with Gasteiger partial charge in [0.2, 0.25) is 5.91 Å². The molecule has 1 aromatic rings. The van der Waals surface area contributed by atoms with Crippen molar-refractivity contribution in [2.24, 2.45) is 11.1 Å². The van der Waals surface area contributed by atoms with Gasteiger partial charge in [-0.3, -0.25) is 4.79 Å². The highest BCUT2D eigenvalue weighted by atomic mass is 16.5. The lowest BCUT2D eigenvalue weighted by atomic mass is 9.87. The van der Waals surface area contributed by atoms with E-state index in [2.05, 4.69) is 0 Å². The largest absolute Gasteiger partial charge is 0.495 e. The van der Waals surface area contributed by atoms with Crippen molar-refractivity contribution < 1.29 is 9.53 Å². The summed E-state index contributed by atoms with van der Waals surface area (Å²) in [5.74, 6) is 0.742. The molecule has 0 radical (unpaired) electrons. The Balaban J connectivity index is 3.09. The maximum Gasteiger partial charge on any atom is 0.232 e. The fourth-order valence-corrected chi connectivity index (χ4v) is 2.09. The molecule has 0 fully saturated rings. The molecule has 2 N–H and O–H groups in total. The van der Waals surface area contributed by atoms with Gasteiger partial charge in [-0.05, 0) is 37.6 Å². The number of aryl methyl sites for hydroxylation is 1. The van der Waals surface area contributed by atoms with Crippen molar-refractivity contribution in [3.8, 4) is 5.75 Å². The predicted octanol–water partition coefficient (Wildman–Crippen LogP) is 2.34. The van der Waals surface area contributed by atoms with E-state index in [1.807, 2.05) is 39.0 Å². The molecule has 0 aliphatic rings. The van der Waals surface area contributed by atoms with E-state index in [1.165, 1.54) is 0 Å². The molecule has 0 saturated carbocycles. The third-order valence-electron chi connectivity index (χ3n) is 3.35. The van der Waals surface area contributed by atoms with E-state index in [0.717, 1.165) is 11.3 Å². The summed E-state index contributed by atoms with van der Waals surface area (Å²) in [5.41, 5.74) is 6.98. The third-order valence-corrected chi connectivity index (χ3v) is 3.35. The number of methoxy groups -OCH3 is 1. The Morgan fingerprint density at radius 3 is 2.58 bits per heavy atom. The smallest absolute Gasteiger partial charge is 0.232 e.